The maximum Gasteiger partial charge on any atom is 0.306 e. The number of carbonyl (C=O) groups excluding carboxylic acids is 3. The highest BCUT2D eigenvalue weighted by molar-refractivity contribution is 5.71. The zero-order valence-electron chi connectivity index (χ0n) is 53.3. The third-order valence-electron chi connectivity index (χ3n) is 15.4. The van der Waals surface area contributed by atoms with Gasteiger partial charge in [-0.25, -0.2) is 0 Å². The van der Waals surface area contributed by atoms with Gasteiger partial charge in [0.15, 0.2) is 6.10 Å². The van der Waals surface area contributed by atoms with Gasteiger partial charge in [0.25, 0.3) is 0 Å². The zero-order chi connectivity index (χ0) is 57.8. The van der Waals surface area contributed by atoms with Gasteiger partial charge in [0, 0.05) is 19.3 Å². The van der Waals surface area contributed by atoms with Crippen molar-refractivity contribution < 1.29 is 28.6 Å². The van der Waals surface area contributed by atoms with Gasteiger partial charge in [-0.15, -0.1) is 0 Å². The van der Waals surface area contributed by atoms with Crippen LogP contribution in [0.15, 0.2) is 72.9 Å². The molecule has 0 saturated heterocycles. The van der Waals surface area contributed by atoms with Gasteiger partial charge in [-0.3, -0.25) is 14.4 Å². The lowest BCUT2D eigenvalue weighted by Gasteiger charge is -2.18. The number of hydrogen-bond acceptors (Lipinski definition) is 6. The van der Waals surface area contributed by atoms with Crippen molar-refractivity contribution in [3.63, 3.8) is 0 Å². The van der Waals surface area contributed by atoms with E-state index in [2.05, 4.69) is 93.7 Å². The van der Waals surface area contributed by atoms with Gasteiger partial charge < -0.3 is 14.2 Å². The van der Waals surface area contributed by atoms with Crippen LogP contribution in [0, 0.1) is 0 Å². The number of hydrogen-bond donors (Lipinski definition) is 0. The highest BCUT2D eigenvalue weighted by Gasteiger charge is 2.19. The molecule has 1 atom stereocenters. The lowest BCUT2D eigenvalue weighted by atomic mass is 10.0. The van der Waals surface area contributed by atoms with E-state index in [1.54, 1.807) is 0 Å². The van der Waals surface area contributed by atoms with Crippen molar-refractivity contribution >= 4 is 17.9 Å². The average Bonchev–Trinajstić information content (AvgIpc) is 3.46. The van der Waals surface area contributed by atoms with E-state index in [-0.39, 0.29) is 37.5 Å². The van der Waals surface area contributed by atoms with E-state index in [1.165, 1.54) is 238 Å². The molecular weight excluding hydrogens is 985 g/mol. The number of ether oxygens (including phenoxy) is 3. The van der Waals surface area contributed by atoms with Crippen molar-refractivity contribution in [3.8, 4) is 0 Å². The minimum Gasteiger partial charge on any atom is -0.462 e. The monoisotopic (exact) mass is 1120 g/mol. The van der Waals surface area contributed by atoms with Crippen LogP contribution in [0.1, 0.15) is 361 Å². The first kappa shape index (κ1) is 76.9. The van der Waals surface area contributed by atoms with Crippen LogP contribution in [0.5, 0.6) is 0 Å². The fourth-order valence-corrected chi connectivity index (χ4v) is 10.2. The Labute approximate surface area is 497 Å². The Morgan fingerprint density at radius 1 is 0.263 bits per heavy atom. The van der Waals surface area contributed by atoms with Crippen molar-refractivity contribution in [2.45, 2.75) is 367 Å². The van der Waals surface area contributed by atoms with Gasteiger partial charge in [-0.1, -0.05) is 331 Å². The van der Waals surface area contributed by atoms with Crippen molar-refractivity contribution in [2.75, 3.05) is 13.2 Å². The quantitative estimate of drug-likeness (QED) is 0.0261. The number of allylic oxidation sites excluding steroid dienone is 12. The Morgan fingerprint density at radius 2 is 0.500 bits per heavy atom. The van der Waals surface area contributed by atoms with E-state index >= 15 is 0 Å². The summed E-state index contributed by atoms with van der Waals surface area (Å²) in [4.78, 5) is 38.2. The number of esters is 3. The fraction of sp³-hybridized carbons (Fsp3) is 0.797. The molecule has 0 rings (SSSR count). The number of unbranched alkanes of at least 4 members (excludes halogenated alkanes) is 41. The first-order valence-corrected chi connectivity index (χ1v) is 34.9. The highest BCUT2D eigenvalue weighted by Crippen LogP contribution is 2.18. The maximum absolute atomic E-state index is 12.9. The highest BCUT2D eigenvalue weighted by atomic mass is 16.6. The SMILES string of the molecule is CC/C=C\C/C=C\C/C=C\C/C=C\C/C=C\CCCC(=O)OC(COC(=O)CCCCCCCCCCCC)COC(=O)CCCCCCCCCCCCCCCCCCCCCCCCC/C=C\CCCCCCCCCC. The summed E-state index contributed by atoms with van der Waals surface area (Å²) < 4.78 is 16.8. The molecule has 464 valence electrons. The zero-order valence-corrected chi connectivity index (χ0v) is 53.3. The van der Waals surface area contributed by atoms with Crippen LogP contribution < -0.4 is 0 Å². The van der Waals surface area contributed by atoms with Gasteiger partial charge in [0.05, 0.1) is 0 Å². The lowest BCUT2D eigenvalue weighted by molar-refractivity contribution is -0.167. The van der Waals surface area contributed by atoms with Gasteiger partial charge in [-0.2, -0.15) is 0 Å². The lowest BCUT2D eigenvalue weighted by Crippen LogP contribution is -2.30. The van der Waals surface area contributed by atoms with E-state index in [1.807, 2.05) is 0 Å². The molecule has 1 unspecified atom stereocenters. The van der Waals surface area contributed by atoms with E-state index in [0.29, 0.717) is 19.3 Å². The molecule has 0 saturated carbocycles. The van der Waals surface area contributed by atoms with E-state index in [9.17, 15) is 14.4 Å². The molecular formula is C74H132O6. The van der Waals surface area contributed by atoms with Crippen molar-refractivity contribution in [2.24, 2.45) is 0 Å². The minimum atomic E-state index is -0.802. The maximum atomic E-state index is 12.9. The topological polar surface area (TPSA) is 78.9 Å². The Kier molecular flexibility index (Phi) is 65.7. The molecule has 0 spiro atoms. The van der Waals surface area contributed by atoms with Crippen molar-refractivity contribution in [1.29, 1.82) is 0 Å². The van der Waals surface area contributed by atoms with Crippen molar-refractivity contribution in [3.05, 3.63) is 72.9 Å². The minimum absolute atomic E-state index is 0.0938. The van der Waals surface area contributed by atoms with Crippen LogP contribution in [-0.2, 0) is 28.6 Å². The second kappa shape index (κ2) is 68.3. The van der Waals surface area contributed by atoms with Crippen LogP contribution in [0.25, 0.3) is 0 Å². The molecule has 0 bridgehead atoms. The molecule has 0 N–H and O–H groups in total. The molecule has 0 aliphatic heterocycles. The summed E-state index contributed by atoms with van der Waals surface area (Å²) in [7, 11) is 0. The Hall–Kier alpha value is -3.15. The summed E-state index contributed by atoms with van der Waals surface area (Å²) in [6.45, 7) is 6.51. The smallest absolute Gasteiger partial charge is 0.306 e. The predicted molar refractivity (Wildman–Crippen MR) is 348 cm³/mol. The molecule has 0 amide bonds. The number of rotatable bonds is 64. The second-order valence-electron chi connectivity index (χ2n) is 23.4. The molecule has 0 aromatic rings. The van der Waals surface area contributed by atoms with Crippen LogP contribution in [0.4, 0.5) is 0 Å². The van der Waals surface area contributed by atoms with Crippen LogP contribution in [-0.4, -0.2) is 37.2 Å². The molecule has 80 heavy (non-hydrogen) atoms. The van der Waals surface area contributed by atoms with E-state index in [0.717, 1.165) is 77.0 Å². The van der Waals surface area contributed by atoms with Gasteiger partial charge in [0.1, 0.15) is 13.2 Å². The van der Waals surface area contributed by atoms with Crippen LogP contribution in [0.3, 0.4) is 0 Å². The third kappa shape index (κ3) is 65.7. The van der Waals surface area contributed by atoms with Gasteiger partial charge in [0.2, 0.25) is 0 Å². The number of carbonyl (C=O) groups is 3. The molecule has 0 aliphatic carbocycles. The Balaban J connectivity index is 4.07. The molecule has 0 heterocycles. The van der Waals surface area contributed by atoms with Gasteiger partial charge >= 0.3 is 17.9 Å². The molecule has 0 fully saturated rings. The molecule has 6 heteroatoms. The molecule has 0 aromatic carbocycles. The summed E-state index contributed by atoms with van der Waals surface area (Å²) >= 11 is 0. The molecule has 6 nitrogen and oxygen atoms in total. The normalized spacial score (nSPS) is 12.5. The molecule has 0 radical (unpaired) electrons. The summed E-state index contributed by atoms with van der Waals surface area (Å²) in [6.07, 6.45) is 89.7. The van der Waals surface area contributed by atoms with Crippen molar-refractivity contribution in [1.82, 2.24) is 0 Å². The largest absolute Gasteiger partial charge is 0.462 e. The average molecular weight is 1120 g/mol. The molecule has 0 aliphatic rings. The standard InChI is InChI=1S/C74H132O6/c1-4-7-10-13-16-19-22-24-26-28-29-30-31-32-33-34-35-36-37-38-39-40-41-42-43-44-45-47-48-50-52-55-58-61-64-67-73(76)79-70-71(69-78-72(75)66-63-60-57-54-21-18-15-12-9-6-3)80-74(77)68-65-62-59-56-53-51-49-46-27-25-23-20-17-14-11-8-5-2/h8,11,17,20,25,27-29,49,51,56,59,71H,4-7,9-10,12-16,18-19,21-24,26,30-48,50,52-55,57-58,60-70H2,1-3H3/b11-8-,20-17-,27-25-,29-28-,51-49-,59-56-. The van der Waals surface area contributed by atoms with E-state index in [4.69, 9.17) is 14.2 Å². The summed E-state index contributed by atoms with van der Waals surface area (Å²) in [5.74, 6) is -0.938. The Morgan fingerprint density at radius 3 is 0.812 bits per heavy atom. The summed E-state index contributed by atoms with van der Waals surface area (Å²) in [5.41, 5.74) is 0. The Bertz CT molecular complexity index is 1470. The van der Waals surface area contributed by atoms with Crippen LogP contribution >= 0.6 is 0 Å². The first-order valence-electron chi connectivity index (χ1n) is 34.9. The fourth-order valence-electron chi connectivity index (χ4n) is 10.2. The first-order chi connectivity index (χ1) is 39.5. The van der Waals surface area contributed by atoms with Crippen LogP contribution in [0.2, 0.25) is 0 Å². The molecule has 0 aromatic heterocycles. The summed E-state index contributed by atoms with van der Waals surface area (Å²) in [6, 6.07) is 0. The predicted octanol–water partition coefficient (Wildman–Crippen LogP) is 24.1. The van der Waals surface area contributed by atoms with E-state index < -0.39 is 6.10 Å². The van der Waals surface area contributed by atoms with Gasteiger partial charge in [-0.05, 0) is 83.5 Å². The second-order valence-corrected chi connectivity index (χ2v) is 23.4. The third-order valence-corrected chi connectivity index (χ3v) is 15.4. The summed E-state index contributed by atoms with van der Waals surface area (Å²) in [5, 5.41) is 0.